The van der Waals surface area contributed by atoms with Crippen LogP contribution in [0.3, 0.4) is 0 Å². The summed E-state index contributed by atoms with van der Waals surface area (Å²) >= 11 is 7.49. The zero-order valence-electron chi connectivity index (χ0n) is 10.2. The number of nitro groups is 1. The number of hydrogen-bond donors (Lipinski definition) is 0. The Morgan fingerprint density at radius 1 is 1.37 bits per heavy atom. The van der Waals surface area contributed by atoms with Crippen molar-refractivity contribution in [3.8, 4) is 0 Å². The van der Waals surface area contributed by atoms with E-state index >= 15 is 0 Å². The molecule has 0 amide bonds. The van der Waals surface area contributed by atoms with Crippen LogP contribution in [0, 0.1) is 17.0 Å². The Morgan fingerprint density at radius 2 is 2.16 bits per heavy atom. The van der Waals surface area contributed by atoms with Crippen LogP contribution in [-0.2, 0) is 5.75 Å². The Morgan fingerprint density at radius 3 is 2.84 bits per heavy atom. The molecule has 2 rings (SSSR count). The second-order valence-electron chi connectivity index (χ2n) is 3.90. The van der Waals surface area contributed by atoms with Crippen LogP contribution in [0.25, 0.3) is 0 Å². The van der Waals surface area contributed by atoms with Gasteiger partial charge in [-0.3, -0.25) is 10.1 Å². The van der Waals surface area contributed by atoms with Crippen molar-refractivity contribution in [2.75, 3.05) is 0 Å². The van der Waals surface area contributed by atoms with E-state index in [2.05, 4.69) is 4.98 Å². The molecule has 0 aliphatic rings. The number of nitrogens with zero attached hydrogens (tertiary/aromatic N) is 2. The molecule has 0 bridgehead atoms. The van der Waals surface area contributed by atoms with Crippen molar-refractivity contribution < 1.29 is 4.92 Å². The summed E-state index contributed by atoms with van der Waals surface area (Å²) in [5.41, 5.74) is 1.75. The Balaban J connectivity index is 2.19. The van der Waals surface area contributed by atoms with Crippen molar-refractivity contribution >= 4 is 29.1 Å². The number of pyridine rings is 1. The molecule has 4 nitrogen and oxygen atoms in total. The molecular formula is C13H11ClN2O2S. The molecule has 0 saturated carbocycles. The number of halogens is 1. The van der Waals surface area contributed by atoms with Crippen LogP contribution in [-0.4, -0.2) is 9.91 Å². The smallest absolute Gasteiger partial charge is 0.258 e. The highest BCUT2D eigenvalue weighted by atomic mass is 35.5. The molecule has 0 atom stereocenters. The molecule has 98 valence electrons. The fourth-order valence-corrected chi connectivity index (χ4v) is 2.88. The zero-order chi connectivity index (χ0) is 13.8. The number of benzene rings is 1. The van der Waals surface area contributed by atoms with E-state index in [1.165, 1.54) is 17.8 Å². The van der Waals surface area contributed by atoms with E-state index in [9.17, 15) is 10.1 Å². The molecular weight excluding hydrogens is 284 g/mol. The Hall–Kier alpha value is -1.59. The van der Waals surface area contributed by atoms with Crippen LogP contribution in [0.15, 0.2) is 41.6 Å². The van der Waals surface area contributed by atoms with E-state index in [1.807, 2.05) is 6.07 Å². The third-order valence-electron chi connectivity index (χ3n) is 2.70. The van der Waals surface area contributed by atoms with Gasteiger partial charge in [0.1, 0.15) is 5.03 Å². The first-order valence-corrected chi connectivity index (χ1v) is 6.92. The van der Waals surface area contributed by atoms with E-state index < -0.39 is 0 Å². The van der Waals surface area contributed by atoms with Gasteiger partial charge in [-0.05, 0) is 24.6 Å². The molecule has 0 fully saturated rings. The van der Waals surface area contributed by atoms with Crippen molar-refractivity contribution in [2.45, 2.75) is 17.7 Å². The van der Waals surface area contributed by atoms with Crippen LogP contribution in [0.4, 0.5) is 5.69 Å². The van der Waals surface area contributed by atoms with Gasteiger partial charge in [-0.2, -0.15) is 0 Å². The summed E-state index contributed by atoms with van der Waals surface area (Å²) in [5.74, 6) is 0.601. The second-order valence-corrected chi connectivity index (χ2v) is 5.27. The molecule has 1 aromatic heterocycles. The SMILES string of the molecule is Cc1c(CSc2ncccc2Cl)cccc1[N+](=O)[O-]. The van der Waals surface area contributed by atoms with Gasteiger partial charge in [-0.15, -0.1) is 11.8 Å². The number of aromatic nitrogens is 1. The van der Waals surface area contributed by atoms with Crippen LogP contribution in [0.5, 0.6) is 0 Å². The highest BCUT2D eigenvalue weighted by Gasteiger charge is 2.13. The topological polar surface area (TPSA) is 56.0 Å². The van der Waals surface area contributed by atoms with Gasteiger partial charge in [0, 0.05) is 23.6 Å². The maximum Gasteiger partial charge on any atom is 0.272 e. The third kappa shape index (κ3) is 3.24. The number of hydrogen-bond acceptors (Lipinski definition) is 4. The molecule has 0 aliphatic carbocycles. The lowest BCUT2D eigenvalue weighted by molar-refractivity contribution is -0.385. The molecule has 0 unspecified atom stereocenters. The molecule has 1 heterocycles. The van der Waals surface area contributed by atoms with Crippen molar-refractivity contribution in [2.24, 2.45) is 0 Å². The van der Waals surface area contributed by atoms with Crippen molar-refractivity contribution in [1.82, 2.24) is 4.98 Å². The molecule has 2 aromatic rings. The van der Waals surface area contributed by atoms with E-state index in [4.69, 9.17) is 11.6 Å². The summed E-state index contributed by atoms with van der Waals surface area (Å²) in [5, 5.41) is 12.2. The maximum absolute atomic E-state index is 10.9. The first-order valence-electron chi connectivity index (χ1n) is 5.56. The van der Waals surface area contributed by atoms with Gasteiger partial charge in [0.05, 0.1) is 9.95 Å². The minimum atomic E-state index is -0.364. The van der Waals surface area contributed by atoms with Crippen LogP contribution < -0.4 is 0 Å². The summed E-state index contributed by atoms with van der Waals surface area (Å²) in [4.78, 5) is 14.7. The van der Waals surface area contributed by atoms with Gasteiger partial charge in [-0.1, -0.05) is 23.7 Å². The fourth-order valence-electron chi connectivity index (χ4n) is 1.65. The van der Waals surface area contributed by atoms with Gasteiger partial charge in [0.25, 0.3) is 5.69 Å². The highest BCUT2D eigenvalue weighted by molar-refractivity contribution is 7.98. The van der Waals surface area contributed by atoms with Gasteiger partial charge in [-0.25, -0.2) is 4.98 Å². The Kier molecular flexibility index (Phi) is 4.39. The first kappa shape index (κ1) is 13.8. The number of rotatable bonds is 4. The number of thioether (sulfide) groups is 1. The minimum Gasteiger partial charge on any atom is -0.258 e. The fraction of sp³-hybridized carbons (Fsp3) is 0.154. The predicted octanol–water partition coefficient (Wildman–Crippen LogP) is 4.24. The average molecular weight is 295 g/mol. The lowest BCUT2D eigenvalue weighted by Gasteiger charge is -2.06. The summed E-state index contributed by atoms with van der Waals surface area (Å²) in [6, 6.07) is 8.63. The van der Waals surface area contributed by atoms with Crippen LogP contribution in [0.2, 0.25) is 5.02 Å². The summed E-state index contributed by atoms with van der Waals surface area (Å²) < 4.78 is 0. The van der Waals surface area contributed by atoms with Crippen molar-refractivity contribution in [1.29, 1.82) is 0 Å². The summed E-state index contributed by atoms with van der Waals surface area (Å²) in [6.07, 6.45) is 1.68. The molecule has 19 heavy (non-hydrogen) atoms. The minimum absolute atomic E-state index is 0.144. The highest BCUT2D eigenvalue weighted by Crippen LogP contribution is 2.30. The van der Waals surface area contributed by atoms with Crippen LogP contribution >= 0.6 is 23.4 Å². The van der Waals surface area contributed by atoms with Crippen molar-refractivity contribution in [3.63, 3.8) is 0 Å². The Labute approximate surface area is 120 Å². The molecule has 6 heteroatoms. The van der Waals surface area contributed by atoms with Crippen molar-refractivity contribution in [3.05, 3.63) is 62.8 Å². The summed E-state index contributed by atoms with van der Waals surface area (Å²) in [7, 11) is 0. The average Bonchev–Trinajstić information content (AvgIpc) is 2.39. The number of nitro benzene ring substituents is 1. The predicted molar refractivity (Wildman–Crippen MR) is 76.6 cm³/mol. The lowest BCUT2D eigenvalue weighted by atomic mass is 10.1. The second kappa shape index (κ2) is 6.04. The normalized spacial score (nSPS) is 10.4. The quantitative estimate of drug-likeness (QED) is 0.481. The first-order chi connectivity index (χ1) is 9.09. The van der Waals surface area contributed by atoms with Gasteiger partial charge >= 0.3 is 0 Å². The standard InChI is InChI=1S/C13H11ClN2O2S/c1-9-10(4-2-6-12(9)16(17)18)8-19-13-11(14)5-3-7-15-13/h2-7H,8H2,1H3. The third-order valence-corrected chi connectivity index (χ3v) is 4.17. The summed E-state index contributed by atoms with van der Waals surface area (Å²) in [6.45, 7) is 1.76. The molecule has 0 N–H and O–H groups in total. The van der Waals surface area contributed by atoms with E-state index in [1.54, 1.807) is 31.3 Å². The van der Waals surface area contributed by atoms with Gasteiger partial charge < -0.3 is 0 Å². The van der Waals surface area contributed by atoms with Gasteiger partial charge in [0.2, 0.25) is 0 Å². The molecule has 1 aromatic carbocycles. The monoisotopic (exact) mass is 294 g/mol. The Bertz CT molecular complexity index is 619. The van der Waals surface area contributed by atoms with Crippen LogP contribution in [0.1, 0.15) is 11.1 Å². The molecule has 0 spiro atoms. The van der Waals surface area contributed by atoms with Gasteiger partial charge in [0.15, 0.2) is 0 Å². The van der Waals surface area contributed by atoms with E-state index in [0.29, 0.717) is 16.3 Å². The largest absolute Gasteiger partial charge is 0.272 e. The molecule has 0 saturated heterocycles. The lowest BCUT2D eigenvalue weighted by Crippen LogP contribution is -1.95. The maximum atomic E-state index is 10.9. The zero-order valence-corrected chi connectivity index (χ0v) is 11.7. The molecule has 0 aliphatic heterocycles. The van der Waals surface area contributed by atoms with E-state index in [0.717, 1.165) is 10.6 Å². The van der Waals surface area contributed by atoms with E-state index in [-0.39, 0.29) is 10.6 Å². The molecule has 0 radical (unpaired) electrons.